The number of fused-ring (bicyclic) bond motifs is 5. The van der Waals surface area contributed by atoms with Crippen molar-refractivity contribution < 1.29 is 14.4 Å². The number of nitrogens with zero attached hydrogens (tertiary/aromatic N) is 1. The molecule has 34 heavy (non-hydrogen) atoms. The summed E-state index contributed by atoms with van der Waals surface area (Å²) in [6, 6.07) is 12.7. The second-order valence-corrected chi connectivity index (χ2v) is 10.9. The highest BCUT2D eigenvalue weighted by Gasteiger charge is 2.71. The maximum atomic E-state index is 13.9. The predicted molar refractivity (Wildman–Crippen MR) is 129 cm³/mol. The van der Waals surface area contributed by atoms with Gasteiger partial charge >= 0.3 is 0 Å². The van der Waals surface area contributed by atoms with E-state index in [1.54, 1.807) is 18.2 Å². The fourth-order valence-electron chi connectivity index (χ4n) is 6.15. The number of anilines is 1. The molecule has 2 saturated heterocycles. The Morgan fingerprint density at radius 1 is 1.06 bits per heavy atom. The van der Waals surface area contributed by atoms with E-state index < -0.39 is 29.0 Å². The van der Waals surface area contributed by atoms with Crippen LogP contribution in [0.1, 0.15) is 31.9 Å². The van der Waals surface area contributed by atoms with Crippen molar-refractivity contribution in [1.29, 1.82) is 0 Å². The third kappa shape index (κ3) is 2.71. The molecule has 0 aliphatic carbocycles. The Morgan fingerprint density at radius 3 is 2.59 bits per heavy atom. The number of imide groups is 1. The van der Waals surface area contributed by atoms with Crippen LogP contribution in [0.2, 0.25) is 5.02 Å². The molecule has 4 heterocycles. The summed E-state index contributed by atoms with van der Waals surface area (Å²) in [6.45, 7) is 5.54. The molecular weight excluding hydrogens is 452 g/mol. The quantitative estimate of drug-likeness (QED) is 0.493. The van der Waals surface area contributed by atoms with Gasteiger partial charge in [0.15, 0.2) is 0 Å². The number of rotatable bonds is 2. The molecule has 0 bridgehead atoms. The number of likely N-dealkylation sites (tertiary alicyclic amines) is 1. The topological polar surface area (TPSA) is 94.3 Å². The van der Waals surface area contributed by atoms with Gasteiger partial charge in [-0.05, 0) is 57.0 Å². The van der Waals surface area contributed by atoms with E-state index in [1.807, 2.05) is 51.2 Å². The number of halogens is 1. The number of aromatic amines is 1. The minimum Gasteiger partial charge on any atom is -0.361 e. The van der Waals surface area contributed by atoms with Crippen LogP contribution in [0, 0.1) is 11.8 Å². The van der Waals surface area contributed by atoms with E-state index in [4.69, 9.17) is 11.6 Å². The molecule has 1 spiro atoms. The lowest BCUT2D eigenvalue weighted by molar-refractivity contribution is -0.147. The lowest BCUT2D eigenvalue weighted by Gasteiger charge is -2.34. The minimum atomic E-state index is -1.35. The first-order valence-corrected chi connectivity index (χ1v) is 11.8. The second kappa shape index (κ2) is 6.93. The molecule has 3 amide bonds. The summed E-state index contributed by atoms with van der Waals surface area (Å²) in [5.41, 5.74) is 1.22. The number of H-pyrrole nitrogens is 1. The van der Waals surface area contributed by atoms with E-state index in [-0.39, 0.29) is 17.7 Å². The average Bonchev–Trinajstić information content (AvgIpc) is 3.47. The second-order valence-electron chi connectivity index (χ2n) is 10.5. The number of aromatic nitrogens is 1. The van der Waals surface area contributed by atoms with Gasteiger partial charge in [-0.2, -0.15) is 0 Å². The Hall–Kier alpha value is -3.16. The Labute approximate surface area is 201 Å². The van der Waals surface area contributed by atoms with Crippen molar-refractivity contribution in [2.45, 2.75) is 44.3 Å². The van der Waals surface area contributed by atoms with Crippen LogP contribution in [0.15, 0.2) is 48.7 Å². The van der Waals surface area contributed by atoms with Crippen LogP contribution < -0.4 is 10.6 Å². The van der Waals surface area contributed by atoms with Gasteiger partial charge in [0.1, 0.15) is 5.54 Å². The zero-order valence-electron chi connectivity index (χ0n) is 19.1. The summed E-state index contributed by atoms with van der Waals surface area (Å²) in [5, 5.41) is 7.93. The summed E-state index contributed by atoms with van der Waals surface area (Å²) in [4.78, 5) is 45.8. The summed E-state index contributed by atoms with van der Waals surface area (Å²) in [6.07, 6.45) is 2.43. The Bertz CT molecular complexity index is 1390. The molecule has 3 aliphatic heterocycles. The summed E-state index contributed by atoms with van der Waals surface area (Å²) < 4.78 is 0. The van der Waals surface area contributed by atoms with E-state index in [0.717, 1.165) is 16.5 Å². The Kier molecular flexibility index (Phi) is 4.36. The maximum absolute atomic E-state index is 13.9. The van der Waals surface area contributed by atoms with Crippen molar-refractivity contribution in [2.75, 3.05) is 5.32 Å². The minimum absolute atomic E-state index is 0.236. The van der Waals surface area contributed by atoms with E-state index in [9.17, 15) is 14.4 Å². The summed E-state index contributed by atoms with van der Waals surface area (Å²) >= 11 is 6.33. The number of benzene rings is 2. The molecule has 2 fully saturated rings. The number of carbonyl (C=O) groups is 3. The fraction of sp³-hybridized carbons (Fsp3) is 0.346. The Balaban J connectivity index is 1.51. The summed E-state index contributed by atoms with van der Waals surface area (Å²) in [7, 11) is 0. The number of nitrogens with one attached hydrogen (secondary N) is 3. The third-order valence-electron chi connectivity index (χ3n) is 7.46. The third-order valence-corrected chi connectivity index (χ3v) is 7.70. The molecule has 6 rings (SSSR count). The first kappa shape index (κ1) is 21.4. The van der Waals surface area contributed by atoms with Crippen molar-refractivity contribution in [2.24, 2.45) is 11.8 Å². The van der Waals surface area contributed by atoms with Crippen LogP contribution in [0.4, 0.5) is 5.69 Å². The van der Waals surface area contributed by atoms with Gasteiger partial charge < -0.3 is 10.3 Å². The average molecular weight is 477 g/mol. The molecule has 1 aromatic heterocycles. The van der Waals surface area contributed by atoms with Crippen LogP contribution in [0.5, 0.6) is 0 Å². The SMILES string of the molecule is CC(C)(C)N1C(=O)[C@H]2[C@@H](C1=O)[C@@]1(N[C@@H]2Cc2c[nH]c3ccccc23)C(=O)Nc2ccc(Cl)cc21. The highest BCUT2D eigenvalue weighted by atomic mass is 35.5. The van der Waals surface area contributed by atoms with Gasteiger partial charge in [0.25, 0.3) is 0 Å². The van der Waals surface area contributed by atoms with Crippen molar-refractivity contribution >= 4 is 45.9 Å². The number of amides is 3. The maximum Gasteiger partial charge on any atom is 0.250 e. The molecule has 3 aliphatic rings. The molecule has 4 atom stereocenters. The van der Waals surface area contributed by atoms with Gasteiger partial charge in [-0.3, -0.25) is 24.6 Å². The van der Waals surface area contributed by atoms with Gasteiger partial charge in [0.05, 0.1) is 11.8 Å². The zero-order chi connectivity index (χ0) is 24.0. The molecule has 0 saturated carbocycles. The predicted octanol–water partition coefficient (Wildman–Crippen LogP) is 3.58. The molecule has 3 aromatic rings. The standard InChI is InChI=1S/C26H25ClN4O3/c1-25(2,3)31-22(32)20-19(10-13-12-28-17-7-5-4-6-15(13)17)30-26(21(20)23(31)33)16-11-14(27)8-9-18(16)29-24(26)34/h4-9,11-12,19-21,28,30H,10H2,1-3H3,(H,29,34)/t19-,20-,21+,26-/m1/s1. The molecular formula is C26H25ClN4O3. The van der Waals surface area contributed by atoms with Crippen molar-refractivity contribution in [1.82, 2.24) is 15.2 Å². The molecule has 174 valence electrons. The fourth-order valence-corrected chi connectivity index (χ4v) is 6.32. The van der Waals surface area contributed by atoms with Crippen LogP contribution in [-0.2, 0) is 26.3 Å². The number of hydrogen-bond acceptors (Lipinski definition) is 4. The van der Waals surface area contributed by atoms with Crippen molar-refractivity contribution in [3.63, 3.8) is 0 Å². The largest absolute Gasteiger partial charge is 0.361 e. The number of para-hydroxylation sites is 1. The van der Waals surface area contributed by atoms with Gasteiger partial charge in [0.2, 0.25) is 17.7 Å². The highest BCUT2D eigenvalue weighted by Crippen LogP contribution is 2.54. The lowest BCUT2D eigenvalue weighted by atomic mass is 9.76. The van der Waals surface area contributed by atoms with E-state index in [0.29, 0.717) is 22.7 Å². The normalized spacial score (nSPS) is 28.2. The summed E-state index contributed by atoms with van der Waals surface area (Å²) in [5.74, 6) is -2.40. The number of carbonyl (C=O) groups excluding carboxylic acids is 3. The van der Waals surface area contributed by atoms with E-state index >= 15 is 0 Å². The van der Waals surface area contributed by atoms with Crippen molar-refractivity contribution in [3.8, 4) is 0 Å². The van der Waals surface area contributed by atoms with E-state index in [2.05, 4.69) is 15.6 Å². The highest BCUT2D eigenvalue weighted by molar-refractivity contribution is 6.31. The zero-order valence-corrected chi connectivity index (χ0v) is 19.9. The monoisotopic (exact) mass is 476 g/mol. The van der Waals surface area contributed by atoms with Gasteiger partial charge in [-0.1, -0.05) is 29.8 Å². The molecule has 7 nitrogen and oxygen atoms in total. The van der Waals surface area contributed by atoms with E-state index in [1.165, 1.54) is 4.90 Å². The van der Waals surface area contributed by atoms with Crippen LogP contribution >= 0.6 is 11.6 Å². The number of hydrogen-bond donors (Lipinski definition) is 3. The first-order valence-electron chi connectivity index (χ1n) is 11.4. The smallest absolute Gasteiger partial charge is 0.250 e. The van der Waals surface area contributed by atoms with Crippen molar-refractivity contribution in [3.05, 3.63) is 64.8 Å². The molecule has 0 unspecified atom stereocenters. The molecule has 3 N–H and O–H groups in total. The van der Waals surface area contributed by atoms with Gasteiger partial charge in [-0.15, -0.1) is 0 Å². The molecule has 2 aromatic carbocycles. The lowest BCUT2D eigenvalue weighted by Crippen LogP contribution is -2.56. The molecule has 0 radical (unpaired) electrons. The van der Waals surface area contributed by atoms with Gasteiger partial charge in [0, 0.05) is 45.0 Å². The van der Waals surface area contributed by atoms with Crippen LogP contribution in [-0.4, -0.2) is 39.2 Å². The van der Waals surface area contributed by atoms with Gasteiger partial charge in [-0.25, -0.2) is 0 Å². The Morgan fingerprint density at radius 2 is 1.82 bits per heavy atom. The molecule has 8 heteroatoms. The first-order chi connectivity index (χ1) is 16.1. The van der Waals surface area contributed by atoms with Crippen LogP contribution in [0.3, 0.4) is 0 Å². The van der Waals surface area contributed by atoms with Crippen LogP contribution in [0.25, 0.3) is 10.9 Å².